The molecule has 2 aliphatic heterocycles. The van der Waals surface area contributed by atoms with Gasteiger partial charge in [0.1, 0.15) is 17.6 Å². The number of anilines is 1. The van der Waals surface area contributed by atoms with Crippen molar-refractivity contribution in [3.05, 3.63) is 82.4 Å². The van der Waals surface area contributed by atoms with Gasteiger partial charge in [0.15, 0.2) is 16.6 Å². The highest BCUT2D eigenvalue weighted by Gasteiger charge is 2.48. The SMILES string of the molecule is CCOc1ccc([C@H]2/C(=C(\O)c3ccc4c(c3)C[C@@H](C)O4)C(=O)C(=O)N2c2nc3ccc(C)cc3s2)cc1OCC. The van der Waals surface area contributed by atoms with E-state index >= 15 is 0 Å². The average molecular weight is 571 g/mol. The lowest BCUT2D eigenvalue weighted by Gasteiger charge is -2.24. The molecule has 2 aliphatic rings. The number of ether oxygens (including phenoxy) is 3. The van der Waals surface area contributed by atoms with Gasteiger partial charge in [-0.3, -0.25) is 14.5 Å². The molecule has 8 nitrogen and oxygen atoms in total. The largest absolute Gasteiger partial charge is 0.507 e. The molecule has 3 heterocycles. The van der Waals surface area contributed by atoms with E-state index in [1.54, 1.807) is 30.3 Å². The molecule has 1 N–H and O–H groups in total. The lowest BCUT2D eigenvalue weighted by atomic mass is 9.94. The van der Waals surface area contributed by atoms with Gasteiger partial charge in [-0.1, -0.05) is 23.5 Å². The number of aliphatic hydroxyl groups excluding tert-OH is 1. The van der Waals surface area contributed by atoms with Crippen molar-refractivity contribution in [3.8, 4) is 17.2 Å². The second kappa shape index (κ2) is 10.6. The first kappa shape index (κ1) is 26.8. The summed E-state index contributed by atoms with van der Waals surface area (Å²) in [4.78, 5) is 33.5. The molecule has 1 aromatic heterocycles. The van der Waals surface area contributed by atoms with Gasteiger partial charge in [0.25, 0.3) is 5.78 Å². The quantitative estimate of drug-likeness (QED) is 0.157. The van der Waals surface area contributed by atoms with Crippen LogP contribution in [-0.2, 0) is 16.0 Å². The molecule has 0 radical (unpaired) electrons. The molecule has 6 rings (SSSR count). The fourth-order valence-electron chi connectivity index (χ4n) is 5.43. The number of aliphatic hydroxyl groups is 1. The second-order valence-electron chi connectivity index (χ2n) is 10.2. The Morgan fingerprint density at radius 2 is 1.83 bits per heavy atom. The highest BCUT2D eigenvalue weighted by molar-refractivity contribution is 7.22. The number of rotatable bonds is 7. The van der Waals surface area contributed by atoms with Gasteiger partial charge in [0.05, 0.1) is 35.0 Å². The van der Waals surface area contributed by atoms with Gasteiger partial charge in [0, 0.05) is 12.0 Å². The van der Waals surface area contributed by atoms with Crippen LogP contribution in [-0.4, -0.2) is 41.1 Å². The minimum absolute atomic E-state index is 0.0102. The van der Waals surface area contributed by atoms with E-state index in [2.05, 4.69) is 0 Å². The Labute approximate surface area is 241 Å². The van der Waals surface area contributed by atoms with Gasteiger partial charge < -0.3 is 19.3 Å². The third kappa shape index (κ3) is 4.70. The Kier molecular flexibility index (Phi) is 6.91. The molecule has 2 atom stereocenters. The highest BCUT2D eigenvalue weighted by Crippen LogP contribution is 2.46. The Morgan fingerprint density at radius 3 is 2.61 bits per heavy atom. The number of hydrogen-bond donors (Lipinski definition) is 1. The van der Waals surface area contributed by atoms with E-state index in [0.29, 0.717) is 47.4 Å². The number of carbonyl (C=O) groups excluding carboxylic acids is 2. The number of benzene rings is 3. The molecule has 0 spiro atoms. The Bertz CT molecular complexity index is 1720. The topological polar surface area (TPSA) is 98.2 Å². The summed E-state index contributed by atoms with van der Waals surface area (Å²) < 4.78 is 18.3. The molecule has 9 heteroatoms. The van der Waals surface area contributed by atoms with Gasteiger partial charge in [-0.05, 0) is 86.8 Å². The fraction of sp³-hybridized carbons (Fsp3) is 0.281. The first-order valence-electron chi connectivity index (χ1n) is 13.7. The van der Waals surface area contributed by atoms with Crippen molar-refractivity contribution in [2.75, 3.05) is 18.1 Å². The van der Waals surface area contributed by atoms with Gasteiger partial charge in [-0.15, -0.1) is 0 Å². The van der Waals surface area contributed by atoms with E-state index in [1.165, 1.54) is 16.2 Å². The molecule has 0 unspecified atom stereocenters. The number of hydrogen-bond acceptors (Lipinski definition) is 8. The molecule has 1 fully saturated rings. The van der Waals surface area contributed by atoms with Gasteiger partial charge in [-0.2, -0.15) is 0 Å². The maximum Gasteiger partial charge on any atom is 0.301 e. The smallest absolute Gasteiger partial charge is 0.301 e. The third-order valence-electron chi connectivity index (χ3n) is 7.24. The van der Waals surface area contributed by atoms with Crippen LogP contribution in [0.25, 0.3) is 16.0 Å². The van der Waals surface area contributed by atoms with Crippen molar-refractivity contribution in [2.45, 2.75) is 46.3 Å². The number of ketones is 1. The zero-order valence-corrected chi connectivity index (χ0v) is 24.1. The summed E-state index contributed by atoms with van der Waals surface area (Å²) in [5.74, 6) is 0.0159. The van der Waals surface area contributed by atoms with Gasteiger partial charge in [-0.25, -0.2) is 4.98 Å². The van der Waals surface area contributed by atoms with Crippen LogP contribution in [0.15, 0.2) is 60.2 Å². The molecule has 1 saturated heterocycles. The molecule has 0 aliphatic carbocycles. The van der Waals surface area contributed by atoms with Crippen LogP contribution in [0.2, 0.25) is 0 Å². The van der Waals surface area contributed by atoms with Crippen molar-refractivity contribution in [1.29, 1.82) is 0 Å². The number of amides is 1. The van der Waals surface area contributed by atoms with Crippen LogP contribution in [0.5, 0.6) is 17.2 Å². The number of carbonyl (C=O) groups is 2. The third-order valence-corrected chi connectivity index (χ3v) is 8.25. The number of thiazole rings is 1. The molecule has 0 saturated carbocycles. The average Bonchev–Trinajstić information content (AvgIpc) is 3.61. The van der Waals surface area contributed by atoms with Gasteiger partial charge >= 0.3 is 5.91 Å². The van der Waals surface area contributed by atoms with Crippen molar-refractivity contribution in [2.24, 2.45) is 0 Å². The number of Topliss-reactive ketones (excluding diaryl/α,β-unsaturated/α-hetero) is 1. The Hall–Kier alpha value is -4.37. The van der Waals surface area contributed by atoms with Crippen molar-refractivity contribution in [3.63, 3.8) is 0 Å². The van der Waals surface area contributed by atoms with Crippen LogP contribution in [0.3, 0.4) is 0 Å². The van der Waals surface area contributed by atoms with Crippen molar-refractivity contribution in [1.82, 2.24) is 4.98 Å². The predicted molar refractivity (Wildman–Crippen MR) is 158 cm³/mol. The van der Waals surface area contributed by atoms with E-state index in [1.807, 2.05) is 52.0 Å². The molecule has 4 aromatic rings. The molecular weight excluding hydrogens is 540 g/mol. The summed E-state index contributed by atoms with van der Waals surface area (Å²) >= 11 is 1.33. The summed E-state index contributed by atoms with van der Waals surface area (Å²) in [6.07, 6.45) is 0.715. The zero-order chi connectivity index (χ0) is 28.8. The fourth-order valence-corrected chi connectivity index (χ4v) is 6.52. The van der Waals surface area contributed by atoms with E-state index in [0.717, 1.165) is 27.1 Å². The van der Waals surface area contributed by atoms with Crippen molar-refractivity contribution < 1.29 is 28.9 Å². The maximum absolute atomic E-state index is 13.7. The molecule has 3 aromatic carbocycles. The lowest BCUT2D eigenvalue weighted by Crippen LogP contribution is -2.29. The summed E-state index contributed by atoms with van der Waals surface area (Å²) in [6, 6.07) is 15.6. The van der Waals surface area contributed by atoms with E-state index in [4.69, 9.17) is 19.2 Å². The summed E-state index contributed by atoms with van der Waals surface area (Å²) in [7, 11) is 0. The normalized spacial score (nSPS) is 19.5. The zero-order valence-electron chi connectivity index (χ0n) is 23.3. The Morgan fingerprint density at radius 1 is 1.05 bits per heavy atom. The molecular formula is C32H30N2O6S. The maximum atomic E-state index is 13.7. The van der Waals surface area contributed by atoms with E-state index < -0.39 is 17.7 Å². The standard InChI is InChI=1S/C32H30N2O6S/c1-5-38-24-12-8-19(16-25(24)39-6-2)28-27(29(35)20-9-11-23-21(15-20)14-18(4)40-23)30(36)31(37)34(28)32-33-22-10-7-17(3)13-26(22)41-32/h7-13,15-16,18,28,35H,5-6,14H2,1-4H3/b29-27+/t18-,28+/m1/s1. The number of aromatic nitrogens is 1. The lowest BCUT2D eigenvalue weighted by molar-refractivity contribution is -0.132. The highest BCUT2D eigenvalue weighted by atomic mass is 32.1. The molecule has 0 bridgehead atoms. The summed E-state index contributed by atoms with van der Waals surface area (Å²) in [5, 5.41) is 12.0. The number of aryl methyl sites for hydroxylation is 1. The van der Waals surface area contributed by atoms with Crippen LogP contribution in [0, 0.1) is 6.92 Å². The molecule has 210 valence electrons. The summed E-state index contributed by atoms with van der Waals surface area (Å²) in [5.41, 5.74) is 3.75. The number of nitrogens with zero attached hydrogens (tertiary/aromatic N) is 2. The van der Waals surface area contributed by atoms with E-state index in [-0.39, 0.29) is 17.4 Å². The van der Waals surface area contributed by atoms with Crippen LogP contribution < -0.4 is 19.1 Å². The molecule has 41 heavy (non-hydrogen) atoms. The van der Waals surface area contributed by atoms with Crippen LogP contribution >= 0.6 is 11.3 Å². The monoisotopic (exact) mass is 570 g/mol. The van der Waals surface area contributed by atoms with Crippen molar-refractivity contribution >= 4 is 44.1 Å². The Balaban J connectivity index is 1.55. The van der Waals surface area contributed by atoms with Crippen LogP contribution in [0.4, 0.5) is 5.13 Å². The van der Waals surface area contributed by atoms with Crippen LogP contribution in [0.1, 0.15) is 49.1 Å². The number of fused-ring (bicyclic) bond motifs is 2. The van der Waals surface area contributed by atoms with E-state index in [9.17, 15) is 14.7 Å². The second-order valence-corrected chi connectivity index (χ2v) is 11.2. The minimum atomic E-state index is -0.935. The van der Waals surface area contributed by atoms with Gasteiger partial charge in [0.2, 0.25) is 0 Å². The molecule has 1 amide bonds. The minimum Gasteiger partial charge on any atom is -0.507 e. The summed E-state index contributed by atoms with van der Waals surface area (Å²) in [6.45, 7) is 8.57. The first-order chi connectivity index (χ1) is 19.8. The predicted octanol–water partition coefficient (Wildman–Crippen LogP) is 6.35. The first-order valence-corrected chi connectivity index (χ1v) is 14.5.